The van der Waals surface area contributed by atoms with Crippen molar-refractivity contribution in [2.75, 3.05) is 14.2 Å². The Morgan fingerprint density at radius 1 is 1.18 bits per heavy atom. The van der Waals surface area contributed by atoms with Crippen LogP contribution in [-0.2, 0) is 0 Å². The second kappa shape index (κ2) is 4.69. The number of H-pyrrole nitrogens is 1. The lowest BCUT2D eigenvalue weighted by atomic mass is 10.1. The molecule has 0 spiro atoms. The summed E-state index contributed by atoms with van der Waals surface area (Å²) in [5.41, 5.74) is 1.29. The number of ether oxygens (including phenoxy) is 2. The van der Waals surface area contributed by atoms with E-state index in [4.69, 9.17) is 9.47 Å². The normalized spacial score (nSPS) is 10.0. The molecule has 0 radical (unpaired) electrons. The lowest BCUT2D eigenvalue weighted by Crippen LogP contribution is -2.04. The molecule has 1 N–H and O–H groups in total. The van der Waals surface area contributed by atoms with E-state index >= 15 is 0 Å². The number of aromatic amines is 1. The van der Waals surface area contributed by atoms with Gasteiger partial charge in [0.05, 0.1) is 26.1 Å². The first-order valence-electron chi connectivity index (χ1n) is 5.01. The van der Waals surface area contributed by atoms with Gasteiger partial charge in [-0.25, -0.2) is 4.98 Å². The second-order valence-electron chi connectivity index (χ2n) is 3.37. The minimum atomic E-state index is -0.228. The van der Waals surface area contributed by atoms with Gasteiger partial charge in [-0.1, -0.05) is 0 Å². The summed E-state index contributed by atoms with van der Waals surface area (Å²) in [5, 5.41) is 0. The summed E-state index contributed by atoms with van der Waals surface area (Å²) in [7, 11) is 3.15. The zero-order valence-electron chi connectivity index (χ0n) is 9.56. The zero-order chi connectivity index (χ0) is 12.3. The Morgan fingerprint density at radius 3 is 2.53 bits per heavy atom. The molecule has 0 fully saturated rings. The van der Waals surface area contributed by atoms with Crippen LogP contribution in [0.25, 0.3) is 11.3 Å². The van der Waals surface area contributed by atoms with Crippen molar-refractivity contribution in [2.45, 2.75) is 0 Å². The number of benzene rings is 1. The summed E-state index contributed by atoms with van der Waals surface area (Å²) < 4.78 is 10.3. The van der Waals surface area contributed by atoms with E-state index in [1.807, 2.05) is 6.07 Å². The molecule has 17 heavy (non-hydrogen) atoms. The van der Waals surface area contributed by atoms with Crippen molar-refractivity contribution in [1.82, 2.24) is 9.97 Å². The fourth-order valence-corrected chi connectivity index (χ4v) is 1.50. The van der Waals surface area contributed by atoms with E-state index in [1.54, 1.807) is 32.5 Å². The monoisotopic (exact) mass is 232 g/mol. The van der Waals surface area contributed by atoms with Crippen LogP contribution in [-0.4, -0.2) is 24.2 Å². The highest BCUT2D eigenvalue weighted by molar-refractivity contribution is 5.63. The topological polar surface area (TPSA) is 64.2 Å². The third kappa shape index (κ3) is 2.28. The molecule has 88 valence electrons. The first-order valence-corrected chi connectivity index (χ1v) is 5.01. The zero-order valence-corrected chi connectivity index (χ0v) is 9.56. The van der Waals surface area contributed by atoms with Gasteiger partial charge in [0.1, 0.15) is 0 Å². The maximum absolute atomic E-state index is 10.9. The Bertz CT molecular complexity index is 558. The summed E-state index contributed by atoms with van der Waals surface area (Å²) in [6.45, 7) is 0. The van der Waals surface area contributed by atoms with Crippen molar-refractivity contribution in [1.29, 1.82) is 0 Å². The first kappa shape index (κ1) is 11.2. The highest BCUT2D eigenvalue weighted by Crippen LogP contribution is 2.30. The quantitative estimate of drug-likeness (QED) is 0.870. The molecule has 0 saturated heterocycles. The van der Waals surface area contributed by atoms with Crippen LogP contribution < -0.4 is 15.0 Å². The summed E-state index contributed by atoms with van der Waals surface area (Å²) in [5.74, 6) is 1.28. The SMILES string of the molecule is COc1ccc(-c2c[nH]c(=O)cn2)cc1OC. The molecule has 0 atom stereocenters. The molecular formula is C12H12N2O3. The second-order valence-corrected chi connectivity index (χ2v) is 3.37. The van der Waals surface area contributed by atoms with Gasteiger partial charge in [-0.2, -0.15) is 0 Å². The van der Waals surface area contributed by atoms with Crippen LogP contribution >= 0.6 is 0 Å². The number of methoxy groups -OCH3 is 2. The van der Waals surface area contributed by atoms with Crippen molar-refractivity contribution in [3.8, 4) is 22.8 Å². The van der Waals surface area contributed by atoms with Crippen LogP contribution in [0.3, 0.4) is 0 Å². The van der Waals surface area contributed by atoms with Crippen molar-refractivity contribution in [2.24, 2.45) is 0 Å². The van der Waals surface area contributed by atoms with E-state index in [0.29, 0.717) is 17.2 Å². The predicted octanol–water partition coefficient (Wildman–Crippen LogP) is 1.45. The molecule has 0 amide bonds. The Labute approximate surface area is 98.0 Å². The lowest BCUT2D eigenvalue weighted by Gasteiger charge is -2.08. The first-order chi connectivity index (χ1) is 8.24. The molecule has 0 aliphatic heterocycles. The standard InChI is InChI=1S/C12H12N2O3/c1-16-10-4-3-8(5-11(10)17-2)9-6-14-12(15)7-13-9/h3-7H,1-2H3,(H,14,15). The number of nitrogens with one attached hydrogen (secondary N) is 1. The minimum absolute atomic E-state index is 0.228. The minimum Gasteiger partial charge on any atom is -0.493 e. The third-order valence-corrected chi connectivity index (χ3v) is 2.35. The van der Waals surface area contributed by atoms with Crippen molar-refractivity contribution in [3.05, 3.63) is 40.9 Å². The van der Waals surface area contributed by atoms with E-state index in [1.165, 1.54) is 6.20 Å². The Morgan fingerprint density at radius 2 is 1.94 bits per heavy atom. The highest BCUT2D eigenvalue weighted by atomic mass is 16.5. The number of hydrogen-bond acceptors (Lipinski definition) is 4. The van der Waals surface area contributed by atoms with Gasteiger partial charge in [0.25, 0.3) is 5.56 Å². The van der Waals surface area contributed by atoms with Crippen molar-refractivity contribution in [3.63, 3.8) is 0 Å². The van der Waals surface area contributed by atoms with Crippen LogP contribution in [0.15, 0.2) is 35.4 Å². The van der Waals surface area contributed by atoms with Crippen LogP contribution in [0.1, 0.15) is 0 Å². The number of nitrogens with zero attached hydrogens (tertiary/aromatic N) is 1. The molecule has 2 aromatic rings. The molecule has 5 nitrogen and oxygen atoms in total. The third-order valence-electron chi connectivity index (χ3n) is 2.35. The van der Waals surface area contributed by atoms with Gasteiger partial charge >= 0.3 is 0 Å². The molecule has 1 aromatic heterocycles. The summed E-state index contributed by atoms with van der Waals surface area (Å²) in [6, 6.07) is 5.45. The van der Waals surface area contributed by atoms with Gasteiger partial charge in [-0.05, 0) is 18.2 Å². The molecule has 5 heteroatoms. The Kier molecular flexibility index (Phi) is 3.09. The molecular weight excluding hydrogens is 220 g/mol. The molecule has 1 heterocycles. The van der Waals surface area contributed by atoms with Crippen molar-refractivity contribution >= 4 is 0 Å². The summed E-state index contributed by atoms with van der Waals surface area (Å²) in [4.78, 5) is 17.5. The Hall–Kier alpha value is -2.30. The number of rotatable bonds is 3. The molecule has 0 saturated carbocycles. The van der Waals surface area contributed by atoms with Gasteiger partial charge in [0, 0.05) is 11.8 Å². The molecule has 0 unspecified atom stereocenters. The maximum atomic E-state index is 10.9. The summed E-state index contributed by atoms with van der Waals surface area (Å²) in [6.07, 6.45) is 2.80. The van der Waals surface area contributed by atoms with Gasteiger partial charge in [-0.3, -0.25) is 4.79 Å². The largest absolute Gasteiger partial charge is 0.493 e. The number of aromatic nitrogens is 2. The average molecular weight is 232 g/mol. The predicted molar refractivity (Wildman–Crippen MR) is 63.4 cm³/mol. The van der Waals surface area contributed by atoms with E-state index < -0.39 is 0 Å². The van der Waals surface area contributed by atoms with Crippen LogP contribution in [0.4, 0.5) is 0 Å². The molecule has 0 aliphatic rings. The van der Waals surface area contributed by atoms with Crippen LogP contribution in [0, 0.1) is 0 Å². The van der Waals surface area contributed by atoms with E-state index in [2.05, 4.69) is 9.97 Å². The fourth-order valence-electron chi connectivity index (χ4n) is 1.50. The van der Waals surface area contributed by atoms with E-state index in [9.17, 15) is 4.79 Å². The summed E-state index contributed by atoms with van der Waals surface area (Å²) >= 11 is 0. The molecule has 0 bridgehead atoms. The van der Waals surface area contributed by atoms with Gasteiger partial charge < -0.3 is 14.5 Å². The van der Waals surface area contributed by atoms with Crippen LogP contribution in [0.5, 0.6) is 11.5 Å². The van der Waals surface area contributed by atoms with E-state index in [0.717, 1.165) is 5.56 Å². The molecule has 2 rings (SSSR count). The van der Waals surface area contributed by atoms with Crippen LogP contribution in [0.2, 0.25) is 0 Å². The van der Waals surface area contributed by atoms with Gasteiger partial charge in [-0.15, -0.1) is 0 Å². The fraction of sp³-hybridized carbons (Fsp3) is 0.167. The maximum Gasteiger partial charge on any atom is 0.266 e. The highest BCUT2D eigenvalue weighted by Gasteiger charge is 2.06. The van der Waals surface area contributed by atoms with Crippen molar-refractivity contribution < 1.29 is 9.47 Å². The van der Waals surface area contributed by atoms with Gasteiger partial charge in [0.2, 0.25) is 0 Å². The molecule has 1 aromatic carbocycles. The average Bonchev–Trinajstić information content (AvgIpc) is 2.39. The van der Waals surface area contributed by atoms with E-state index in [-0.39, 0.29) is 5.56 Å². The lowest BCUT2D eigenvalue weighted by molar-refractivity contribution is 0.355. The Balaban J connectivity index is 2.46. The smallest absolute Gasteiger partial charge is 0.266 e. The number of hydrogen-bond donors (Lipinski definition) is 1. The van der Waals surface area contributed by atoms with Gasteiger partial charge in [0.15, 0.2) is 11.5 Å². The molecule has 0 aliphatic carbocycles.